The lowest BCUT2D eigenvalue weighted by atomic mass is 10.0. The van der Waals surface area contributed by atoms with Gasteiger partial charge in [-0.15, -0.1) is 0 Å². The molecule has 0 radical (unpaired) electrons. The Morgan fingerprint density at radius 1 is 1.32 bits per heavy atom. The molecule has 0 saturated heterocycles. The fourth-order valence-electron chi connectivity index (χ4n) is 2.64. The van der Waals surface area contributed by atoms with Gasteiger partial charge in [-0.05, 0) is 32.3 Å². The minimum absolute atomic E-state index is 0.0605. The first-order valence-corrected chi connectivity index (χ1v) is 7.98. The van der Waals surface area contributed by atoms with Crippen LogP contribution in [-0.4, -0.2) is 26.7 Å². The van der Waals surface area contributed by atoms with Crippen LogP contribution in [0.2, 0.25) is 0 Å². The SMILES string of the molecule is Cc1nn(C)c2ncc(C(=O)NC(C)CCCC(C)C)cc12. The number of carbonyl (C=O) groups is 1. The minimum Gasteiger partial charge on any atom is -0.350 e. The van der Waals surface area contributed by atoms with Gasteiger partial charge in [-0.25, -0.2) is 4.98 Å². The zero-order valence-corrected chi connectivity index (χ0v) is 14.2. The molecule has 0 bridgehead atoms. The van der Waals surface area contributed by atoms with Crippen molar-refractivity contribution in [2.24, 2.45) is 13.0 Å². The molecule has 1 atom stereocenters. The largest absolute Gasteiger partial charge is 0.350 e. The fraction of sp³-hybridized carbons (Fsp3) is 0.588. The van der Waals surface area contributed by atoms with Crippen molar-refractivity contribution in [1.29, 1.82) is 0 Å². The van der Waals surface area contributed by atoms with E-state index in [1.807, 2.05) is 20.0 Å². The van der Waals surface area contributed by atoms with Crippen LogP contribution in [-0.2, 0) is 7.05 Å². The van der Waals surface area contributed by atoms with Crippen molar-refractivity contribution in [3.05, 3.63) is 23.5 Å². The molecule has 0 aromatic carbocycles. The van der Waals surface area contributed by atoms with Crippen LogP contribution in [0.5, 0.6) is 0 Å². The van der Waals surface area contributed by atoms with Gasteiger partial charge in [0.25, 0.3) is 5.91 Å². The lowest BCUT2D eigenvalue weighted by Gasteiger charge is -2.14. The lowest BCUT2D eigenvalue weighted by molar-refractivity contribution is 0.0937. The number of amides is 1. The molecular formula is C17H26N4O. The molecule has 0 spiro atoms. The van der Waals surface area contributed by atoms with Crippen molar-refractivity contribution in [2.45, 2.75) is 53.0 Å². The molecule has 0 saturated carbocycles. The van der Waals surface area contributed by atoms with Crippen molar-refractivity contribution < 1.29 is 4.79 Å². The number of pyridine rings is 1. The van der Waals surface area contributed by atoms with Crippen LogP contribution in [0.25, 0.3) is 11.0 Å². The highest BCUT2D eigenvalue weighted by Crippen LogP contribution is 2.16. The molecule has 22 heavy (non-hydrogen) atoms. The van der Waals surface area contributed by atoms with Gasteiger partial charge >= 0.3 is 0 Å². The first-order chi connectivity index (χ1) is 10.4. The summed E-state index contributed by atoms with van der Waals surface area (Å²) in [6, 6.07) is 2.05. The van der Waals surface area contributed by atoms with E-state index in [4.69, 9.17) is 0 Å². The predicted octanol–water partition coefficient (Wildman–Crippen LogP) is 3.22. The highest BCUT2D eigenvalue weighted by molar-refractivity contribution is 5.97. The molecule has 2 aromatic heterocycles. The number of aryl methyl sites for hydroxylation is 2. The maximum Gasteiger partial charge on any atom is 0.253 e. The van der Waals surface area contributed by atoms with Crippen LogP contribution in [0.4, 0.5) is 0 Å². The summed E-state index contributed by atoms with van der Waals surface area (Å²) >= 11 is 0. The summed E-state index contributed by atoms with van der Waals surface area (Å²) in [5.41, 5.74) is 2.29. The molecule has 120 valence electrons. The van der Waals surface area contributed by atoms with Gasteiger partial charge in [0.1, 0.15) is 0 Å². The van der Waals surface area contributed by atoms with Crippen molar-refractivity contribution in [3.8, 4) is 0 Å². The number of carbonyl (C=O) groups excluding carboxylic acids is 1. The summed E-state index contributed by atoms with van der Waals surface area (Å²) in [5, 5.41) is 8.32. The Kier molecular flexibility index (Phi) is 5.16. The molecule has 0 aliphatic rings. The molecule has 1 amide bonds. The molecule has 2 rings (SSSR count). The van der Waals surface area contributed by atoms with Gasteiger partial charge in [-0.2, -0.15) is 5.10 Å². The van der Waals surface area contributed by atoms with Gasteiger partial charge < -0.3 is 5.32 Å². The molecule has 2 aromatic rings. The Morgan fingerprint density at radius 3 is 2.73 bits per heavy atom. The van der Waals surface area contributed by atoms with E-state index in [-0.39, 0.29) is 11.9 Å². The Labute approximate surface area is 132 Å². The second-order valence-corrected chi connectivity index (χ2v) is 6.50. The van der Waals surface area contributed by atoms with E-state index < -0.39 is 0 Å². The highest BCUT2D eigenvalue weighted by atomic mass is 16.1. The van der Waals surface area contributed by atoms with Gasteiger partial charge in [-0.3, -0.25) is 9.48 Å². The Hall–Kier alpha value is -1.91. The quantitative estimate of drug-likeness (QED) is 0.891. The van der Waals surface area contributed by atoms with E-state index in [1.54, 1.807) is 10.9 Å². The van der Waals surface area contributed by atoms with E-state index in [0.717, 1.165) is 29.6 Å². The molecule has 0 aliphatic carbocycles. The van der Waals surface area contributed by atoms with E-state index >= 15 is 0 Å². The van der Waals surface area contributed by atoms with Gasteiger partial charge in [0.05, 0.1) is 11.3 Å². The van der Waals surface area contributed by atoms with E-state index in [2.05, 4.69) is 36.2 Å². The number of hydrogen-bond acceptors (Lipinski definition) is 3. The van der Waals surface area contributed by atoms with Crippen LogP contribution < -0.4 is 5.32 Å². The maximum absolute atomic E-state index is 12.3. The highest BCUT2D eigenvalue weighted by Gasteiger charge is 2.13. The second-order valence-electron chi connectivity index (χ2n) is 6.50. The summed E-state index contributed by atoms with van der Waals surface area (Å²) in [4.78, 5) is 16.7. The average Bonchev–Trinajstić information content (AvgIpc) is 2.73. The van der Waals surface area contributed by atoms with E-state index in [0.29, 0.717) is 11.5 Å². The van der Waals surface area contributed by atoms with Gasteiger partial charge in [0.15, 0.2) is 5.65 Å². The summed E-state index contributed by atoms with van der Waals surface area (Å²) in [7, 11) is 1.86. The molecule has 5 nitrogen and oxygen atoms in total. The monoisotopic (exact) mass is 302 g/mol. The average molecular weight is 302 g/mol. The van der Waals surface area contributed by atoms with Crippen LogP contribution in [0.15, 0.2) is 12.3 Å². The number of nitrogens with one attached hydrogen (secondary N) is 1. The maximum atomic E-state index is 12.3. The van der Waals surface area contributed by atoms with Crippen molar-refractivity contribution in [3.63, 3.8) is 0 Å². The topological polar surface area (TPSA) is 59.8 Å². The van der Waals surface area contributed by atoms with Gasteiger partial charge in [-0.1, -0.05) is 26.7 Å². The number of fused-ring (bicyclic) bond motifs is 1. The van der Waals surface area contributed by atoms with Gasteiger partial charge in [0, 0.05) is 24.7 Å². The summed E-state index contributed by atoms with van der Waals surface area (Å²) in [6.07, 6.45) is 4.96. The van der Waals surface area contributed by atoms with Gasteiger partial charge in [0.2, 0.25) is 0 Å². The number of aromatic nitrogens is 3. The molecule has 1 N–H and O–H groups in total. The van der Waals surface area contributed by atoms with E-state index in [9.17, 15) is 4.79 Å². The Balaban J connectivity index is 2.02. The summed E-state index contributed by atoms with van der Waals surface area (Å²) in [5.74, 6) is 0.651. The Bertz CT molecular complexity index is 660. The van der Waals surface area contributed by atoms with E-state index in [1.165, 1.54) is 6.42 Å². The molecule has 0 aliphatic heterocycles. The zero-order valence-electron chi connectivity index (χ0n) is 14.2. The number of rotatable bonds is 6. The first-order valence-electron chi connectivity index (χ1n) is 7.98. The second kappa shape index (κ2) is 6.90. The first kappa shape index (κ1) is 16.5. The predicted molar refractivity (Wildman–Crippen MR) is 88.9 cm³/mol. The third kappa shape index (κ3) is 3.84. The molecule has 5 heteroatoms. The Morgan fingerprint density at radius 2 is 2.05 bits per heavy atom. The standard InChI is InChI=1S/C17H26N4O/c1-11(2)7-6-8-12(3)19-17(22)14-9-15-13(4)20-21(5)16(15)18-10-14/h9-12H,6-8H2,1-5H3,(H,19,22). The lowest BCUT2D eigenvalue weighted by Crippen LogP contribution is -2.32. The number of hydrogen-bond donors (Lipinski definition) is 1. The molecule has 1 unspecified atom stereocenters. The summed E-state index contributed by atoms with van der Waals surface area (Å²) in [6.45, 7) is 8.43. The van der Waals surface area contributed by atoms with Crippen LogP contribution in [0.1, 0.15) is 56.1 Å². The zero-order chi connectivity index (χ0) is 16.3. The van der Waals surface area contributed by atoms with Crippen LogP contribution in [0, 0.1) is 12.8 Å². The van der Waals surface area contributed by atoms with Crippen molar-refractivity contribution in [2.75, 3.05) is 0 Å². The smallest absolute Gasteiger partial charge is 0.253 e. The van der Waals surface area contributed by atoms with Crippen LogP contribution in [0.3, 0.4) is 0 Å². The molecular weight excluding hydrogens is 276 g/mol. The normalized spacial score (nSPS) is 12.8. The molecule has 0 fully saturated rings. The van der Waals surface area contributed by atoms with Crippen molar-refractivity contribution in [1.82, 2.24) is 20.1 Å². The summed E-state index contributed by atoms with van der Waals surface area (Å²) < 4.78 is 1.74. The molecule has 2 heterocycles. The fourth-order valence-corrected chi connectivity index (χ4v) is 2.64. The minimum atomic E-state index is -0.0605. The third-order valence-corrected chi connectivity index (χ3v) is 3.92. The van der Waals surface area contributed by atoms with Crippen LogP contribution >= 0.6 is 0 Å². The third-order valence-electron chi connectivity index (χ3n) is 3.92. The van der Waals surface area contributed by atoms with Crippen molar-refractivity contribution >= 4 is 16.9 Å². The number of nitrogens with zero attached hydrogens (tertiary/aromatic N) is 3.